The SMILES string of the molecule is CS(=O)(=O)CC(=O)N1CCC(CCBr)C1. The number of sulfone groups is 1. The molecule has 1 unspecified atom stereocenters. The fourth-order valence-electron chi connectivity index (χ4n) is 1.76. The molecular formula is C9H16BrNO3S. The van der Waals surface area contributed by atoms with Crippen LogP contribution in [0.4, 0.5) is 0 Å². The predicted octanol–water partition coefficient (Wildman–Crippen LogP) is 0.664. The van der Waals surface area contributed by atoms with Crippen molar-refractivity contribution in [3.63, 3.8) is 0 Å². The Bertz CT molecular complexity index is 328. The molecule has 0 aliphatic carbocycles. The molecule has 1 heterocycles. The van der Waals surface area contributed by atoms with Gasteiger partial charge in [-0.2, -0.15) is 0 Å². The Balaban J connectivity index is 2.43. The Kier molecular flexibility index (Phi) is 4.58. The molecule has 1 rings (SSSR count). The van der Waals surface area contributed by atoms with Gasteiger partial charge in [0.2, 0.25) is 5.91 Å². The highest BCUT2D eigenvalue weighted by Crippen LogP contribution is 2.20. The lowest BCUT2D eigenvalue weighted by Gasteiger charge is -2.15. The highest BCUT2D eigenvalue weighted by molar-refractivity contribution is 9.09. The first-order chi connectivity index (χ1) is 6.92. The van der Waals surface area contributed by atoms with Crippen LogP contribution in [-0.4, -0.2) is 49.7 Å². The third-order valence-corrected chi connectivity index (χ3v) is 3.77. The summed E-state index contributed by atoms with van der Waals surface area (Å²) in [6.07, 6.45) is 3.13. The molecule has 1 amide bonds. The summed E-state index contributed by atoms with van der Waals surface area (Å²) >= 11 is 3.37. The molecule has 88 valence electrons. The molecule has 4 nitrogen and oxygen atoms in total. The smallest absolute Gasteiger partial charge is 0.237 e. The molecule has 0 aromatic rings. The number of likely N-dealkylation sites (tertiary alicyclic amines) is 1. The number of halogens is 1. The molecule has 6 heteroatoms. The maximum Gasteiger partial charge on any atom is 0.237 e. The average Bonchev–Trinajstić information content (AvgIpc) is 2.50. The van der Waals surface area contributed by atoms with E-state index in [9.17, 15) is 13.2 Å². The van der Waals surface area contributed by atoms with Gasteiger partial charge in [0.25, 0.3) is 0 Å². The van der Waals surface area contributed by atoms with E-state index in [-0.39, 0.29) is 11.7 Å². The van der Waals surface area contributed by atoms with Crippen LogP contribution in [0.25, 0.3) is 0 Å². The van der Waals surface area contributed by atoms with Crippen molar-refractivity contribution in [1.82, 2.24) is 4.90 Å². The highest BCUT2D eigenvalue weighted by atomic mass is 79.9. The molecule has 0 bridgehead atoms. The van der Waals surface area contributed by atoms with Crippen LogP contribution >= 0.6 is 15.9 Å². The standard InChI is InChI=1S/C9H16BrNO3S/c1-15(13,14)7-9(12)11-5-3-8(6-11)2-4-10/h8H,2-7H2,1H3. The number of hydrogen-bond donors (Lipinski definition) is 0. The second-order valence-corrected chi connectivity index (χ2v) is 6.98. The van der Waals surface area contributed by atoms with Crippen LogP contribution in [0.2, 0.25) is 0 Å². The van der Waals surface area contributed by atoms with Crippen molar-refractivity contribution in [1.29, 1.82) is 0 Å². The summed E-state index contributed by atoms with van der Waals surface area (Å²) in [5, 5.41) is 0.936. The van der Waals surface area contributed by atoms with Gasteiger partial charge in [0, 0.05) is 24.7 Å². The van der Waals surface area contributed by atoms with Crippen molar-refractivity contribution < 1.29 is 13.2 Å². The fraction of sp³-hybridized carbons (Fsp3) is 0.889. The number of nitrogens with zero attached hydrogens (tertiary/aromatic N) is 1. The molecule has 1 atom stereocenters. The first-order valence-corrected chi connectivity index (χ1v) is 8.12. The molecular weight excluding hydrogens is 282 g/mol. The molecule has 0 aromatic carbocycles. The first kappa shape index (κ1) is 13.0. The minimum Gasteiger partial charge on any atom is -0.342 e. The van der Waals surface area contributed by atoms with E-state index in [4.69, 9.17) is 0 Å². The number of alkyl halides is 1. The zero-order chi connectivity index (χ0) is 11.5. The summed E-state index contributed by atoms with van der Waals surface area (Å²) in [5.41, 5.74) is 0. The number of hydrogen-bond acceptors (Lipinski definition) is 3. The van der Waals surface area contributed by atoms with Crippen LogP contribution in [0.5, 0.6) is 0 Å². The highest BCUT2D eigenvalue weighted by Gasteiger charge is 2.27. The van der Waals surface area contributed by atoms with E-state index in [1.807, 2.05) is 0 Å². The normalized spacial score (nSPS) is 22.0. The van der Waals surface area contributed by atoms with Crippen LogP contribution in [0.1, 0.15) is 12.8 Å². The zero-order valence-electron chi connectivity index (χ0n) is 8.78. The maximum atomic E-state index is 11.5. The summed E-state index contributed by atoms with van der Waals surface area (Å²) in [5.74, 6) is -0.0870. The molecule has 1 saturated heterocycles. The van der Waals surface area contributed by atoms with Gasteiger partial charge in [0.1, 0.15) is 5.75 Å². The van der Waals surface area contributed by atoms with Crippen LogP contribution in [0.15, 0.2) is 0 Å². The van der Waals surface area contributed by atoms with Crippen LogP contribution in [0.3, 0.4) is 0 Å². The van der Waals surface area contributed by atoms with E-state index < -0.39 is 9.84 Å². The summed E-state index contributed by atoms with van der Waals surface area (Å²) in [6, 6.07) is 0. The van der Waals surface area contributed by atoms with E-state index in [1.54, 1.807) is 4.90 Å². The molecule has 15 heavy (non-hydrogen) atoms. The Morgan fingerprint density at radius 2 is 2.20 bits per heavy atom. The first-order valence-electron chi connectivity index (χ1n) is 4.94. The fourth-order valence-corrected chi connectivity index (χ4v) is 3.04. The van der Waals surface area contributed by atoms with Crippen molar-refractivity contribution in [2.24, 2.45) is 5.92 Å². The van der Waals surface area contributed by atoms with Crippen LogP contribution in [-0.2, 0) is 14.6 Å². The second kappa shape index (κ2) is 5.30. The quantitative estimate of drug-likeness (QED) is 0.717. The third-order valence-electron chi connectivity index (χ3n) is 2.54. The van der Waals surface area contributed by atoms with Crippen molar-refractivity contribution in [2.45, 2.75) is 12.8 Å². The van der Waals surface area contributed by atoms with Gasteiger partial charge in [0.15, 0.2) is 9.84 Å². The average molecular weight is 298 g/mol. The van der Waals surface area contributed by atoms with E-state index in [1.165, 1.54) is 0 Å². The largest absolute Gasteiger partial charge is 0.342 e. The molecule has 0 N–H and O–H groups in total. The monoisotopic (exact) mass is 297 g/mol. The lowest BCUT2D eigenvalue weighted by molar-refractivity contribution is -0.127. The van der Waals surface area contributed by atoms with Gasteiger partial charge in [0.05, 0.1) is 0 Å². The van der Waals surface area contributed by atoms with Gasteiger partial charge in [-0.15, -0.1) is 0 Å². The Hall–Kier alpha value is -0.100. The van der Waals surface area contributed by atoms with Gasteiger partial charge >= 0.3 is 0 Å². The minimum atomic E-state index is -3.19. The Morgan fingerprint density at radius 1 is 1.53 bits per heavy atom. The molecule has 1 aliphatic heterocycles. The summed E-state index contributed by atoms with van der Waals surface area (Å²) in [4.78, 5) is 13.2. The Labute approximate surface area is 99.1 Å². The number of carbonyl (C=O) groups excluding carboxylic acids is 1. The van der Waals surface area contributed by atoms with Crippen LogP contribution < -0.4 is 0 Å². The van der Waals surface area contributed by atoms with Crippen molar-refractivity contribution >= 4 is 31.7 Å². The van der Waals surface area contributed by atoms with Crippen LogP contribution in [0, 0.1) is 5.92 Å². The van der Waals surface area contributed by atoms with Crippen molar-refractivity contribution in [2.75, 3.05) is 30.4 Å². The second-order valence-electron chi connectivity index (χ2n) is 4.04. The van der Waals surface area contributed by atoms with E-state index in [0.717, 1.165) is 24.4 Å². The summed E-state index contributed by atoms with van der Waals surface area (Å²) < 4.78 is 21.9. The lowest BCUT2D eigenvalue weighted by Crippen LogP contribution is -2.33. The predicted molar refractivity (Wildman–Crippen MR) is 62.8 cm³/mol. The van der Waals surface area contributed by atoms with E-state index >= 15 is 0 Å². The number of rotatable bonds is 4. The lowest BCUT2D eigenvalue weighted by atomic mass is 10.1. The van der Waals surface area contributed by atoms with E-state index in [2.05, 4.69) is 15.9 Å². The molecule has 0 aromatic heterocycles. The van der Waals surface area contributed by atoms with E-state index in [0.29, 0.717) is 19.0 Å². The van der Waals surface area contributed by atoms with Gasteiger partial charge in [-0.05, 0) is 18.8 Å². The minimum absolute atomic E-state index is 0.255. The molecule has 1 fully saturated rings. The summed E-state index contributed by atoms with van der Waals surface area (Å²) in [7, 11) is -3.19. The Morgan fingerprint density at radius 3 is 2.73 bits per heavy atom. The summed E-state index contributed by atoms with van der Waals surface area (Å²) in [6.45, 7) is 1.41. The molecule has 0 spiro atoms. The number of amides is 1. The zero-order valence-corrected chi connectivity index (χ0v) is 11.2. The van der Waals surface area contributed by atoms with Gasteiger partial charge in [-0.3, -0.25) is 4.79 Å². The third kappa shape index (κ3) is 4.51. The number of carbonyl (C=O) groups is 1. The van der Waals surface area contributed by atoms with Gasteiger partial charge in [-0.25, -0.2) is 8.42 Å². The maximum absolute atomic E-state index is 11.5. The molecule has 0 radical (unpaired) electrons. The molecule has 1 aliphatic rings. The van der Waals surface area contributed by atoms with Gasteiger partial charge in [-0.1, -0.05) is 15.9 Å². The molecule has 0 saturated carbocycles. The van der Waals surface area contributed by atoms with Crippen molar-refractivity contribution in [3.05, 3.63) is 0 Å². The van der Waals surface area contributed by atoms with Gasteiger partial charge < -0.3 is 4.90 Å². The topological polar surface area (TPSA) is 54.5 Å². The van der Waals surface area contributed by atoms with Crippen molar-refractivity contribution in [3.8, 4) is 0 Å².